The van der Waals surface area contributed by atoms with Crippen LogP contribution in [-0.4, -0.2) is 25.0 Å². The van der Waals surface area contributed by atoms with Gasteiger partial charge in [-0.1, -0.05) is 30.3 Å². The zero-order valence-electron chi connectivity index (χ0n) is 13.1. The smallest absolute Gasteiger partial charge is 0.248 e. The molecular weight excluding hydrogens is 292 g/mol. The lowest BCUT2D eigenvalue weighted by Crippen LogP contribution is -2.44. The minimum Gasteiger partial charge on any atom is -0.495 e. The topological polar surface area (TPSA) is 58.6 Å². The lowest BCUT2D eigenvalue weighted by Gasteiger charge is -2.23. The van der Waals surface area contributed by atoms with Crippen molar-refractivity contribution in [1.29, 1.82) is 0 Å². The molecule has 118 valence electrons. The van der Waals surface area contributed by atoms with Crippen molar-refractivity contribution in [2.45, 2.75) is 19.4 Å². The SMILES string of the molecule is COc1ccccc1NC(=O)[C@H]1Cc2ccccc2N1C(C)=O. The summed E-state index contributed by atoms with van der Waals surface area (Å²) in [5.41, 5.74) is 2.41. The van der Waals surface area contributed by atoms with E-state index >= 15 is 0 Å². The van der Waals surface area contributed by atoms with Crippen LogP contribution in [0.15, 0.2) is 48.5 Å². The molecule has 2 amide bonds. The summed E-state index contributed by atoms with van der Waals surface area (Å²) in [4.78, 5) is 26.3. The Hall–Kier alpha value is -2.82. The Morgan fingerprint density at radius 3 is 2.57 bits per heavy atom. The molecule has 23 heavy (non-hydrogen) atoms. The van der Waals surface area contributed by atoms with Crippen molar-refractivity contribution in [3.05, 3.63) is 54.1 Å². The molecule has 0 aliphatic carbocycles. The third-order valence-electron chi connectivity index (χ3n) is 3.98. The van der Waals surface area contributed by atoms with E-state index in [1.165, 1.54) is 6.92 Å². The van der Waals surface area contributed by atoms with Gasteiger partial charge in [0.2, 0.25) is 11.8 Å². The number of nitrogens with one attached hydrogen (secondary N) is 1. The van der Waals surface area contributed by atoms with Gasteiger partial charge in [-0.05, 0) is 23.8 Å². The summed E-state index contributed by atoms with van der Waals surface area (Å²) in [5, 5.41) is 2.87. The number of hydrogen-bond acceptors (Lipinski definition) is 3. The van der Waals surface area contributed by atoms with Crippen molar-refractivity contribution in [2.24, 2.45) is 0 Å². The van der Waals surface area contributed by atoms with Crippen LogP contribution in [-0.2, 0) is 16.0 Å². The van der Waals surface area contributed by atoms with Gasteiger partial charge in [0.05, 0.1) is 12.8 Å². The van der Waals surface area contributed by atoms with E-state index in [4.69, 9.17) is 4.74 Å². The van der Waals surface area contributed by atoms with Gasteiger partial charge in [-0.25, -0.2) is 0 Å². The number of methoxy groups -OCH3 is 1. The average Bonchev–Trinajstić information content (AvgIpc) is 2.95. The first-order valence-electron chi connectivity index (χ1n) is 7.43. The maximum atomic E-state index is 12.7. The number of ether oxygens (including phenoxy) is 1. The number of nitrogens with zero attached hydrogens (tertiary/aromatic N) is 1. The number of carbonyl (C=O) groups is 2. The van der Waals surface area contributed by atoms with Gasteiger partial charge >= 0.3 is 0 Å². The van der Waals surface area contributed by atoms with Gasteiger partial charge in [0.25, 0.3) is 0 Å². The van der Waals surface area contributed by atoms with Crippen molar-refractivity contribution in [1.82, 2.24) is 0 Å². The number of anilines is 2. The van der Waals surface area contributed by atoms with Crippen molar-refractivity contribution in [3.63, 3.8) is 0 Å². The van der Waals surface area contributed by atoms with E-state index < -0.39 is 6.04 Å². The van der Waals surface area contributed by atoms with Gasteiger partial charge in [-0.3, -0.25) is 14.5 Å². The molecule has 3 rings (SSSR count). The van der Waals surface area contributed by atoms with E-state index in [0.717, 1.165) is 11.3 Å². The van der Waals surface area contributed by atoms with Crippen LogP contribution in [0.4, 0.5) is 11.4 Å². The van der Waals surface area contributed by atoms with E-state index in [0.29, 0.717) is 17.9 Å². The third kappa shape index (κ3) is 2.77. The second kappa shape index (κ2) is 6.12. The number of hydrogen-bond donors (Lipinski definition) is 1. The number of rotatable bonds is 3. The highest BCUT2D eigenvalue weighted by Crippen LogP contribution is 2.33. The molecule has 0 radical (unpaired) electrons. The predicted molar refractivity (Wildman–Crippen MR) is 88.7 cm³/mol. The van der Waals surface area contributed by atoms with Gasteiger partial charge in [0, 0.05) is 19.0 Å². The fraction of sp³-hybridized carbons (Fsp3) is 0.222. The first kappa shape index (κ1) is 15.1. The molecule has 0 saturated carbocycles. The van der Waals surface area contributed by atoms with Crippen LogP contribution in [0.1, 0.15) is 12.5 Å². The summed E-state index contributed by atoms with van der Waals surface area (Å²) in [7, 11) is 1.55. The summed E-state index contributed by atoms with van der Waals surface area (Å²) in [5.74, 6) is 0.224. The maximum absolute atomic E-state index is 12.7. The highest BCUT2D eigenvalue weighted by molar-refractivity contribution is 6.07. The van der Waals surface area contributed by atoms with Crippen LogP contribution in [0.2, 0.25) is 0 Å². The second-order valence-electron chi connectivity index (χ2n) is 5.43. The second-order valence-corrected chi connectivity index (χ2v) is 5.43. The molecule has 2 aromatic rings. The van der Waals surface area contributed by atoms with E-state index in [1.54, 1.807) is 24.1 Å². The van der Waals surface area contributed by atoms with Gasteiger partial charge in [0.15, 0.2) is 0 Å². The number of carbonyl (C=O) groups excluding carboxylic acids is 2. The first-order valence-corrected chi connectivity index (χ1v) is 7.43. The number of benzene rings is 2. The summed E-state index contributed by atoms with van der Waals surface area (Å²) in [6.07, 6.45) is 0.511. The molecule has 2 aromatic carbocycles. The van der Waals surface area contributed by atoms with E-state index in [-0.39, 0.29) is 11.8 Å². The Bertz CT molecular complexity index is 757. The lowest BCUT2D eigenvalue weighted by molar-refractivity contribution is -0.122. The summed E-state index contributed by atoms with van der Waals surface area (Å²) >= 11 is 0. The zero-order valence-corrected chi connectivity index (χ0v) is 13.1. The molecule has 1 heterocycles. The molecule has 0 spiro atoms. The highest BCUT2D eigenvalue weighted by atomic mass is 16.5. The van der Waals surface area contributed by atoms with E-state index in [9.17, 15) is 9.59 Å². The normalized spacial score (nSPS) is 15.9. The molecule has 0 unspecified atom stereocenters. The number of amides is 2. The molecule has 1 atom stereocenters. The van der Waals surface area contributed by atoms with Crippen LogP contribution < -0.4 is 15.0 Å². The molecule has 5 heteroatoms. The Balaban J connectivity index is 1.87. The fourth-order valence-corrected chi connectivity index (χ4v) is 2.95. The standard InChI is InChI=1S/C18H18N2O3/c1-12(21)20-15-9-5-3-7-13(15)11-16(20)18(22)19-14-8-4-6-10-17(14)23-2/h3-10,16H,11H2,1-2H3,(H,19,22)/t16-/m1/s1. The molecular formula is C18H18N2O3. The van der Waals surface area contributed by atoms with Gasteiger partial charge < -0.3 is 10.1 Å². The first-order chi connectivity index (χ1) is 11.1. The van der Waals surface area contributed by atoms with Gasteiger partial charge in [-0.15, -0.1) is 0 Å². The lowest BCUT2D eigenvalue weighted by atomic mass is 10.1. The quantitative estimate of drug-likeness (QED) is 0.948. The molecule has 5 nitrogen and oxygen atoms in total. The molecule has 0 aromatic heterocycles. The van der Waals surface area contributed by atoms with Crippen molar-refractivity contribution >= 4 is 23.2 Å². The number of para-hydroxylation sites is 3. The van der Waals surface area contributed by atoms with E-state index in [2.05, 4.69) is 5.32 Å². The highest BCUT2D eigenvalue weighted by Gasteiger charge is 2.36. The third-order valence-corrected chi connectivity index (χ3v) is 3.98. The Kier molecular flexibility index (Phi) is 4.02. The molecule has 1 aliphatic heterocycles. The summed E-state index contributed by atoms with van der Waals surface area (Å²) in [6, 6.07) is 14.3. The zero-order chi connectivity index (χ0) is 16.4. The Morgan fingerprint density at radius 1 is 1.13 bits per heavy atom. The molecule has 0 fully saturated rings. The molecule has 1 N–H and O–H groups in total. The maximum Gasteiger partial charge on any atom is 0.248 e. The largest absolute Gasteiger partial charge is 0.495 e. The molecule has 1 aliphatic rings. The van der Waals surface area contributed by atoms with Gasteiger partial charge in [-0.2, -0.15) is 0 Å². The summed E-state index contributed by atoms with van der Waals surface area (Å²) in [6.45, 7) is 1.48. The van der Waals surface area contributed by atoms with Crippen molar-refractivity contribution in [2.75, 3.05) is 17.3 Å². The van der Waals surface area contributed by atoms with E-state index in [1.807, 2.05) is 36.4 Å². The van der Waals surface area contributed by atoms with Crippen LogP contribution in [0.5, 0.6) is 5.75 Å². The average molecular weight is 310 g/mol. The predicted octanol–water partition coefficient (Wildman–Crippen LogP) is 2.61. The van der Waals surface area contributed by atoms with Crippen LogP contribution >= 0.6 is 0 Å². The minimum atomic E-state index is -0.546. The van der Waals surface area contributed by atoms with Crippen molar-refractivity contribution < 1.29 is 14.3 Å². The minimum absolute atomic E-state index is 0.143. The Labute approximate surface area is 134 Å². The molecule has 0 bridgehead atoms. The summed E-state index contributed by atoms with van der Waals surface area (Å²) < 4.78 is 5.25. The monoisotopic (exact) mass is 310 g/mol. The molecule has 0 saturated heterocycles. The van der Waals surface area contributed by atoms with Crippen LogP contribution in [0, 0.1) is 0 Å². The van der Waals surface area contributed by atoms with Gasteiger partial charge in [0.1, 0.15) is 11.8 Å². The van der Waals surface area contributed by atoms with Crippen LogP contribution in [0.3, 0.4) is 0 Å². The number of fused-ring (bicyclic) bond motifs is 1. The van der Waals surface area contributed by atoms with Crippen LogP contribution in [0.25, 0.3) is 0 Å². The Morgan fingerprint density at radius 2 is 1.83 bits per heavy atom. The fourth-order valence-electron chi connectivity index (χ4n) is 2.95. The van der Waals surface area contributed by atoms with Crippen molar-refractivity contribution in [3.8, 4) is 5.75 Å².